The van der Waals surface area contributed by atoms with Crippen molar-refractivity contribution >= 4 is 16.8 Å². The van der Waals surface area contributed by atoms with Crippen molar-refractivity contribution in [3.8, 4) is 0 Å². The molecular formula is C5H5LiN2O2S. The van der Waals surface area contributed by atoms with Gasteiger partial charge in [0.15, 0.2) is 0 Å². The third-order valence-electron chi connectivity index (χ3n) is 0.930. The number of nitrogens with two attached hydrogens (primary N) is 1. The van der Waals surface area contributed by atoms with Gasteiger partial charge < -0.3 is 10.3 Å². The van der Waals surface area contributed by atoms with Crippen molar-refractivity contribution in [2.75, 3.05) is 5.73 Å². The van der Waals surface area contributed by atoms with E-state index in [-0.39, 0.29) is 23.9 Å². The van der Waals surface area contributed by atoms with Crippen LogP contribution < -0.4 is 24.6 Å². The number of nitrogens with zero attached hydrogens (tertiary/aromatic N) is 1. The van der Waals surface area contributed by atoms with E-state index in [0.717, 1.165) is 0 Å². The first-order valence-corrected chi connectivity index (χ1v) is 3.58. The van der Waals surface area contributed by atoms with Gasteiger partial charge >= 0.3 is 18.9 Å². The van der Waals surface area contributed by atoms with Gasteiger partial charge in [-0.3, -0.25) is 4.21 Å². The maximum absolute atomic E-state index is 10.2. The molecule has 0 radical (unpaired) electrons. The Kier molecular flexibility index (Phi) is 4.38. The second-order valence-electron chi connectivity index (χ2n) is 1.66. The van der Waals surface area contributed by atoms with Gasteiger partial charge in [-0.05, 0) is 23.2 Å². The number of nitrogen functional groups attached to an aromatic ring is 1. The molecule has 0 spiro atoms. The molecule has 0 aromatic carbocycles. The smallest absolute Gasteiger partial charge is 0.767 e. The topological polar surface area (TPSA) is 79.0 Å². The van der Waals surface area contributed by atoms with Crippen molar-refractivity contribution in [3.05, 3.63) is 18.3 Å². The molecule has 1 unspecified atom stereocenters. The van der Waals surface area contributed by atoms with Gasteiger partial charge in [-0.1, -0.05) is 0 Å². The fourth-order valence-corrected chi connectivity index (χ4v) is 0.895. The fourth-order valence-electron chi connectivity index (χ4n) is 0.516. The summed E-state index contributed by atoms with van der Waals surface area (Å²) in [4.78, 5) is 3.55. The molecule has 2 N–H and O–H groups in total. The van der Waals surface area contributed by atoms with Gasteiger partial charge in [0.1, 0.15) is 5.03 Å². The molecule has 0 fully saturated rings. The Morgan fingerprint density at radius 3 is 2.64 bits per heavy atom. The molecular weight excluding hydrogens is 159 g/mol. The van der Waals surface area contributed by atoms with Crippen LogP contribution >= 0.6 is 0 Å². The number of anilines is 1. The van der Waals surface area contributed by atoms with Gasteiger partial charge in [-0.15, -0.1) is 0 Å². The first-order valence-electron chi connectivity index (χ1n) is 2.51. The molecule has 6 heteroatoms. The van der Waals surface area contributed by atoms with Crippen LogP contribution in [0.5, 0.6) is 0 Å². The minimum atomic E-state index is -2.28. The second kappa shape index (κ2) is 4.52. The van der Waals surface area contributed by atoms with Crippen molar-refractivity contribution in [3.63, 3.8) is 0 Å². The zero-order valence-corrected chi connectivity index (χ0v) is 6.80. The van der Waals surface area contributed by atoms with Crippen molar-refractivity contribution < 1.29 is 27.6 Å². The first kappa shape index (κ1) is 10.7. The molecule has 0 aliphatic rings. The van der Waals surface area contributed by atoms with E-state index in [0.29, 0.717) is 5.69 Å². The number of rotatable bonds is 1. The Hall–Kier alpha value is -0.343. The molecule has 0 amide bonds. The molecule has 1 atom stereocenters. The summed E-state index contributed by atoms with van der Waals surface area (Å²) in [7, 11) is 0. The Morgan fingerprint density at radius 1 is 1.64 bits per heavy atom. The zero-order chi connectivity index (χ0) is 7.56. The summed E-state index contributed by atoms with van der Waals surface area (Å²) in [6.07, 6.45) is 1.35. The standard InChI is InChI=1S/C5H6N2O2S.Li/c6-4-1-2-7-5(3-4)10(8)9;/h1-3H,(H2,6,7)(H,8,9);/q;+1/p-1. The fraction of sp³-hybridized carbons (Fsp3) is 0. The van der Waals surface area contributed by atoms with Crippen molar-refractivity contribution in [2.24, 2.45) is 0 Å². The predicted molar refractivity (Wildman–Crippen MR) is 35.8 cm³/mol. The van der Waals surface area contributed by atoms with Crippen LogP contribution in [0.25, 0.3) is 0 Å². The monoisotopic (exact) mass is 164 g/mol. The van der Waals surface area contributed by atoms with Crippen LogP contribution in [0.15, 0.2) is 23.4 Å². The quantitative estimate of drug-likeness (QED) is 0.352. The third-order valence-corrected chi connectivity index (χ3v) is 1.49. The molecule has 1 aromatic heterocycles. The second-order valence-corrected chi connectivity index (χ2v) is 2.55. The summed E-state index contributed by atoms with van der Waals surface area (Å²) < 4.78 is 20.5. The average Bonchev–Trinajstić information content (AvgIpc) is 1.88. The Bertz CT molecular complexity index is 268. The van der Waals surface area contributed by atoms with Gasteiger partial charge in [0.05, 0.1) is 0 Å². The van der Waals surface area contributed by atoms with Crippen molar-refractivity contribution in [1.29, 1.82) is 0 Å². The van der Waals surface area contributed by atoms with Crippen molar-refractivity contribution in [2.45, 2.75) is 5.03 Å². The van der Waals surface area contributed by atoms with Crippen LogP contribution in [-0.4, -0.2) is 13.7 Å². The molecule has 0 aliphatic heterocycles. The van der Waals surface area contributed by atoms with E-state index in [1.54, 1.807) is 0 Å². The number of hydrogen-bond acceptors (Lipinski definition) is 4. The van der Waals surface area contributed by atoms with E-state index in [9.17, 15) is 8.76 Å². The summed E-state index contributed by atoms with van der Waals surface area (Å²) in [5.74, 6) is 0. The Balaban J connectivity index is 0.000001000. The molecule has 0 saturated heterocycles. The number of aromatic nitrogens is 1. The van der Waals surface area contributed by atoms with Crippen molar-refractivity contribution in [1.82, 2.24) is 4.98 Å². The minimum absolute atomic E-state index is 0. The molecule has 0 bridgehead atoms. The molecule has 11 heavy (non-hydrogen) atoms. The van der Waals surface area contributed by atoms with E-state index in [2.05, 4.69) is 4.98 Å². The van der Waals surface area contributed by atoms with Crippen LogP contribution in [0.1, 0.15) is 0 Å². The average molecular weight is 164 g/mol. The van der Waals surface area contributed by atoms with E-state index in [1.807, 2.05) is 0 Å². The van der Waals surface area contributed by atoms with E-state index in [1.165, 1.54) is 18.3 Å². The summed E-state index contributed by atoms with van der Waals surface area (Å²) in [6.45, 7) is 0. The summed E-state index contributed by atoms with van der Waals surface area (Å²) in [5, 5.41) is -0.0278. The number of hydrogen-bond donors (Lipinski definition) is 1. The maximum Gasteiger partial charge on any atom is 1.00 e. The predicted octanol–water partition coefficient (Wildman–Crippen LogP) is -3.09. The van der Waals surface area contributed by atoms with Crippen LogP contribution in [-0.2, 0) is 11.1 Å². The van der Waals surface area contributed by atoms with Crippen LogP contribution in [0.2, 0.25) is 0 Å². The Morgan fingerprint density at radius 2 is 2.27 bits per heavy atom. The van der Waals surface area contributed by atoms with Gasteiger partial charge in [0.2, 0.25) is 0 Å². The van der Waals surface area contributed by atoms with E-state index < -0.39 is 11.1 Å². The SMILES string of the molecule is Nc1ccnc(S(=O)[O-])c1.[Li+]. The molecule has 54 valence electrons. The third kappa shape index (κ3) is 3.04. The van der Waals surface area contributed by atoms with E-state index >= 15 is 0 Å². The molecule has 1 rings (SSSR count). The van der Waals surface area contributed by atoms with Crippen LogP contribution in [0, 0.1) is 0 Å². The summed E-state index contributed by atoms with van der Waals surface area (Å²) >= 11 is -2.28. The van der Waals surface area contributed by atoms with Gasteiger partial charge in [-0.2, -0.15) is 0 Å². The normalized spacial score (nSPS) is 11.7. The first-order chi connectivity index (χ1) is 4.70. The van der Waals surface area contributed by atoms with Crippen LogP contribution in [0.4, 0.5) is 5.69 Å². The summed E-state index contributed by atoms with van der Waals surface area (Å²) in [6, 6.07) is 2.82. The molecule has 1 aromatic rings. The van der Waals surface area contributed by atoms with Gasteiger partial charge in [-0.25, -0.2) is 4.98 Å². The minimum Gasteiger partial charge on any atom is -0.767 e. The maximum atomic E-state index is 10.2. The van der Waals surface area contributed by atoms with Gasteiger partial charge in [0, 0.05) is 11.9 Å². The van der Waals surface area contributed by atoms with Crippen LogP contribution in [0.3, 0.4) is 0 Å². The largest absolute Gasteiger partial charge is 1.00 e. The van der Waals surface area contributed by atoms with E-state index in [4.69, 9.17) is 5.73 Å². The molecule has 4 nitrogen and oxygen atoms in total. The molecule has 0 saturated carbocycles. The number of pyridine rings is 1. The molecule has 1 heterocycles. The Labute approximate surface area is 78.7 Å². The summed E-state index contributed by atoms with van der Waals surface area (Å²) in [5.41, 5.74) is 5.68. The van der Waals surface area contributed by atoms with Gasteiger partial charge in [0.25, 0.3) is 0 Å². The molecule has 0 aliphatic carbocycles. The zero-order valence-electron chi connectivity index (χ0n) is 5.98.